The number of alkyl halides is 4. The van der Waals surface area contributed by atoms with Crippen LogP contribution in [0.5, 0.6) is 0 Å². The Morgan fingerprint density at radius 2 is 1.39 bits per heavy atom. The zero-order chi connectivity index (χ0) is 25.5. The molecular formula is C19H19F6NO4S3. The zero-order valence-corrected chi connectivity index (χ0v) is 19.3. The van der Waals surface area contributed by atoms with Crippen LogP contribution >= 0.6 is 11.3 Å². The van der Waals surface area contributed by atoms with Crippen LogP contribution in [-0.2, 0) is 19.7 Å². The van der Waals surface area contributed by atoms with E-state index in [4.69, 9.17) is 5.73 Å². The predicted molar refractivity (Wildman–Crippen MR) is 113 cm³/mol. The third-order valence-electron chi connectivity index (χ3n) is 3.72. The van der Waals surface area contributed by atoms with Crippen molar-refractivity contribution in [2.24, 2.45) is 5.73 Å². The van der Waals surface area contributed by atoms with Gasteiger partial charge in [-0.25, -0.2) is 25.6 Å². The first kappa shape index (κ1) is 28.9. The highest BCUT2D eigenvalue weighted by molar-refractivity contribution is 7.94. The van der Waals surface area contributed by atoms with Gasteiger partial charge in [-0.2, -0.15) is 17.6 Å². The second-order valence-corrected chi connectivity index (χ2v) is 11.2. The molecule has 0 saturated heterocycles. The molecule has 1 heterocycles. The van der Waals surface area contributed by atoms with E-state index < -0.39 is 57.5 Å². The number of sulfone groups is 2. The van der Waals surface area contributed by atoms with Crippen molar-refractivity contribution in [2.45, 2.75) is 33.0 Å². The van der Waals surface area contributed by atoms with Gasteiger partial charge >= 0.3 is 10.5 Å². The molecule has 0 aliphatic rings. The molecule has 0 fully saturated rings. The van der Waals surface area contributed by atoms with Gasteiger partial charge in [-0.3, -0.25) is 0 Å². The van der Waals surface area contributed by atoms with E-state index in [9.17, 15) is 43.2 Å². The van der Waals surface area contributed by atoms with Gasteiger partial charge in [0.2, 0.25) is 0 Å². The summed E-state index contributed by atoms with van der Waals surface area (Å²) in [4.78, 5) is -0.648. The van der Waals surface area contributed by atoms with Crippen LogP contribution < -0.4 is 5.73 Å². The van der Waals surface area contributed by atoms with E-state index in [-0.39, 0.29) is 6.42 Å². The maximum Gasteiger partial charge on any atom is 0.400 e. The molecule has 0 unspecified atom stereocenters. The Morgan fingerprint density at radius 3 is 1.85 bits per heavy atom. The summed E-state index contributed by atoms with van der Waals surface area (Å²) in [6, 6.07) is 8.28. The molecule has 2 rings (SSSR count). The molecule has 0 saturated carbocycles. The van der Waals surface area contributed by atoms with Gasteiger partial charge in [-0.1, -0.05) is 31.2 Å². The average Bonchev–Trinajstić information content (AvgIpc) is 3.30. The molecule has 0 aliphatic heterocycles. The van der Waals surface area contributed by atoms with Crippen molar-refractivity contribution in [3.8, 4) is 0 Å². The molecule has 33 heavy (non-hydrogen) atoms. The summed E-state index contributed by atoms with van der Waals surface area (Å²) in [6.45, 7) is 0.930. The van der Waals surface area contributed by atoms with Crippen LogP contribution in [0.15, 0.2) is 80.8 Å². The SMILES string of the molecule is CC/C=C(\F)C(F)(F)S(=O)(=O)c1cccs1.NC/C=C(\F)C(F)(F)S(=O)(=O)c1ccccc1. The summed E-state index contributed by atoms with van der Waals surface area (Å²) in [5, 5.41) is -7.76. The van der Waals surface area contributed by atoms with Gasteiger partial charge in [0.05, 0.1) is 4.90 Å². The van der Waals surface area contributed by atoms with Crippen LogP contribution in [-0.4, -0.2) is 33.9 Å². The highest BCUT2D eigenvalue weighted by atomic mass is 32.2. The highest BCUT2D eigenvalue weighted by Gasteiger charge is 2.51. The first-order chi connectivity index (χ1) is 15.2. The van der Waals surface area contributed by atoms with Gasteiger partial charge in [0.1, 0.15) is 4.21 Å². The van der Waals surface area contributed by atoms with Gasteiger partial charge < -0.3 is 5.73 Å². The van der Waals surface area contributed by atoms with Crippen LogP contribution in [0.25, 0.3) is 0 Å². The molecular weight excluding hydrogens is 516 g/mol. The highest BCUT2D eigenvalue weighted by Crippen LogP contribution is 2.38. The summed E-state index contributed by atoms with van der Waals surface area (Å²) in [5.74, 6) is -3.99. The smallest absolute Gasteiger partial charge is 0.327 e. The summed E-state index contributed by atoms with van der Waals surface area (Å²) >= 11 is 0.630. The topological polar surface area (TPSA) is 94.3 Å². The van der Waals surface area contributed by atoms with E-state index >= 15 is 0 Å². The first-order valence-corrected chi connectivity index (χ1v) is 12.8. The molecule has 0 atom stereocenters. The van der Waals surface area contributed by atoms with E-state index in [1.807, 2.05) is 0 Å². The number of thiophene rings is 1. The van der Waals surface area contributed by atoms with Crippen molar-refractivity contribution in [3.63, 3.8) is 0 Å². The number of benzene rings is 1. The van der Waals surface area contributed by atoms with Crippen molar-refractivity contribution in [2.75, 3.05) is 6.54 Å². The van der Waals surface area contributed by atoms with Crippen molar-refractivity contribution >= 4 is 31.0 Å². The molecule has 5 nitrogen and oxygen atoms in total. The summed E-state index contributed by atoms with van der Waals surface area (Å²) in [5.41, 5.74) is 4.86. The number of hydrogen-bond donors (Lipinski definition) is 1. The minimum Gasteiger partial charge on any atom is -0.327 e. The lowest BCUT2D eigenvalue weighted by Crippen LogP contribution is -2.30. The Hall–Kier alpha value is -2.16. The fourth-order valence-electron chi connectivity index (χ4n) is 2.07. The van der Waals surface area contributed by atoms with Gasteiger partial charge in [-0.15, -0.1) is 11.3 Å². The second-order valence-electron chi connectivity index (χ2n) is 6.03. The van der Waals surface area contributed by atoms with E-state index in [1.165, 1.54) is 36.6 Å². The molecule has 184 valence electrons. The quantitative estimate of drug-likeness (QED) is 0.467. The van der Waals surface area contributed by atoms with E-state index in [1.54, 1.807) is 0 Å². The van der Waals surface area contributed by atoms with Crippen LogP contribution in [0.1, 0.15) is 13.3 Å². The lowest BCUT2D eigenvalue weighted by atomic mass is 10.4. The van der Waals surface area contributed by atoms with E-state index in [0.29, 0.717) is 23.5 Å². The maximum atomic E-state index is 13.4. The van der Waals surface area contributed by atoms with Crippen LogP contribution in [0.4, 0.5) is 26.3 Å². The molecule has 0 spiro atoms. The molecule has 14 heteroatoms. The molecule has 0 amide bonds. The number of allylic oxidation sites excluding steroid dienone is 1. The Balaban J connectivity index is 0.000000331. The summed E-state index contributed by atoms with van der Waals surface area (Å²) in [7, 11) is -10.1. The summed E-state index contributed by atoms with van der Waals surface area (Å²) in [6.07, 6.45) is 0.896. The van der Waals surface area contributed by atoms with Crippen LogP contribution in [0, 0.1) is 0 Å². The molecule has 0 bridgehead atoms. The average molecular weight is 536 g/mol. The molecule has 1 aromatic heterocycles. The largest absolute Gasteiger partial charge is 0.400 e. The number of rotatable bonds is 8. The maximum absolute atomic E-state index is 13.4. The van der Waals surface area contributed by atoms with Crippen LogP contribution in [0.3, 0.4) is 0 Å². The Bertz CT molecular complexity index is 1180. The van der Waals surface area contributed by atoms with Crippen molar-refractivity contribution < 1.29 is 43.2 Å². The zero-order valence-electron chi connectivity index (χ0n) is 16.9. The first-order valence-electron chi connectivity index (χ1n) is 8.93. The fraction of sp³-hybridized carbons (Fsp3) is 0.263. The molecule has 0 aliphatic carbocycles. The minimum absolute atomic E-state index is 0.00137. The Kier molecular flexibility index (Phi) is 9.90. The van der Waals surface area contributed by atoms with Crippen LogP contribution in [0.2, 0.25) is 0 Å². The lowest BCUT2D eigenvalue weighted by Gasteiger charge is -2.15. The number of nitrogens with two attached hydrogens (primary N) is 1. The minimum atomic E-state index is -5.09. The molecule has 0 radical (unpaired) electrons. The number of hydrogen-bond acceptors (Lipinski definition) is 6. The third-order valence-corrected chi connectivity index (χ3v) is 8.63. The predicted octanol–water partition coefficient (Wildman–Crippen LogP) is 5.24. The molecule has 2 aromatic rings. The monoisotopic (exact) mass is 535 g/mol. The fourth-order valence-corrected chi connectivity index (χ4v) is 5.51. The third kappa shape index (κ3) is 6.25. The van der Waals surface area contributed by atoms with E-state index in [0.717, 1.165) is 18.2 Å². The van der Waals surface area contributed by atoms with Gasteiger partial charge in [0, 0.05) is 6.54 Å². The Labute approximate surface area is 191 Å². The normalized spacial score (nSPS) is 13.9. The van der Waals surface area contributed by atoms with Crippen molar-refractivity contribution in [1.29, 1.82) is 0 Å². The van der Waals surface area contributed by atoms with E-state index in [2.05, 4.69) is 0 Å². The standard InChI is InChI=1S/C10H10F3NO2S.C9H9F3O2S2/c11-9(6-7-14)10(12,13)17(15,16)8-4-2-1-3-5-8;1-2-4-7(10)9(11,12)16(13,14)8-5-3-6-15-8/h1-6H,7,14H2;3-6H,2H2,1H3/b9-6-;7-4-. The molecule has 1 aromatic carbocycles. The van der Waals surface area contributed by atoms with Gasteiger partial charge in [0.25, 0.3) is 19.7 Å². The van der Waals surface area contributed by atoms with Gasteiger partial charge in [-0.05, 0) is 42.2 Å². The van der Waals surface area contributed by atoms with Crippen molar-refractivity contribution in [1.82, 2.24) is 0 Å². The number of halogens is 6. The van der Waals surface area contributed by atoms with Crippen molar-refractivity contribution in [3.05, 3.63) is 71.7 Å². The van der Waals surface area contributed by atoms with Gasteiger partial charge in [0.15, 0.2) is 11.7 Å². The Morgan fingerprint density at radius 1 is 0.879 bits per heavy atom. The molecule has 2 N–H and O–H groups in total. The lowest BCUT2D eigenvalue weighted by molar-refractivity contribution is 0.105. The second kappa shape index (κ2) is 11.3. The summed E-state index contributed by atoms with van der Waals surface area (Å²) < 4.78 is 125.